The number of rotatable bonds is 31. The van der Waals surface area contributed by atoms with Crippen molar-refractivity contribution in [3.63, 3.8) is 0 Å². The maximum absolute atomic E-state index is 12.3. The second kappa shape index (κ2) is 26.1. The number of unbranched alkanes of at least 4 members (excludes halogenated alkanes) is 15. The first-order chi connectivity index (χ1) is 19.1. The molecule has 0 saturated carbocycles. The van der Waals surface area contributed by atoms with Gasteiger partial charge < -0.3 is 24.0 Å². The van der Waals surface area contributed by atoms with E-state index < -0.39 is 19.9 Å². The average molecular weight is 597 g/mol. The summed E-state index contributed by atoms with van der Waals surface area (Å²) in [5.74, 6) is -0.798. The monoisotopic (exact) mass is 596 g/mol. The van der Waals surface area contributed by atoms with E-state index >= 15 is 0 Å². The van der Waals surface area contributed by atoms with Gasteiger partial charge >= 0.3 is 13.8 Å². The van der Waals surface area contributed by atoms with Gasteiger partial charge in [0.25, 0.3) is 0 Å². The van der Waals surface area contributed by atoms with Crippen molar-refractivity contribution in [2.24, 2.45) is 0 Å². The van der Waals surface area contributed by atoms with Crippen LogP contribution in [0.15, 0.2) is 0 Å². The molecule has 0 bridgehead atoms. The van der Waals surface area contributed by atoms with E-state index in [1.54, 1.807) is 0 Å². The highest BCUT2D eigenvalue weighted by molar-refractivity contribution is 7.47. The lowest BCUT2D eigenvalue weighted by Gasteiger charge is -2.24. The molecule has 2 N–H and O–H groups in total. The van der Waals surface area contributed by atoms with E-state index in [0.29, 0.717) is 37.1 Å². The molecule has 0 aromatic heterocycles. The van der Waals surface area contributed by atoms with E-state index in [9.17, 15) is 14.3 Å². The summed E-state index contributed by atoms with van der Waals surface area (Å²) < 4.78 is 34.8. The fourth-order valence-corrected chi connectivity index (χ4v) is 4.95. The number of carboxylic acid groups (broad SMARTS) is 1. The summed E-state index contributed by atoms with van der Waals surface area (Å²) in [4.78, 5) is 20.7. The van der Waals surface area contributed by atoms with Crippen LogP contribution in [0.1, 0.15) is 122 Å². The number of nitrogens with zero attached hydrogens (tertiary/aromatic N) is 1. The topological polar surface area (TPSA) is 112 Å². The summed E-state index contributed by atoms with van der Waals surface area (Å²) in [7, 11) is 1.74. The first kappa shape index (κ1) is 39.5. The van der Waals surface area contributed by atoms with Gasteiger partial charge in [0.2, 0.25) is 0 Å². The largest absolute Gasteiger partial charge is 0.481 e. The zero-order chi connectivity index (χ0) is 30.0. The molecule has 0 aliphatic rings. The Balaban J connectivity index is 4.05. The number of quaternary nitrogens is 1. The molecule has 40 heavy (non-hydrogen) atoms. The first-order valence-corrected chi connectivity index (χ1v) is 17.4. The molecule has 0 spiro atoms. The van der Waals surface area contributed by atoms with Crippen LogP contribution in [0, 0.1) is 0 Å². The molecule has 0 radical (unpaired) electrons. The van der Waals surface area contributed by atoms with Crippen molar-refractivity contribution in [2.75, 3.05) is 60.7 Å². The minimum atomic E-state index is -4.18. The van der Waals surface area contributed by atoms with Crippen LogP contribution in [0.4, 0.5) is 0 Å². The van der Waals surface area contributed by atoms with Crippen molar-refractivity contribution in [3.05, 3.63) is 0 Å². The van der Waals surface area contributed by atoms with Crippen LogP contribution in [-0.2, 0) is 27.9 Å². The Morgan fingerprint density at radius 1 is 0.700 bits per heavy atom. The second-order valence-corrected chi connectivity index (χ2v) is 13.4. The molecule has 0 heterocycles. The van der Waals surface area contributed by atoms with Gasteiger partial charge in [-0.05, 0) is 19.3 Å². The van der Waals surface area contributed by atoms with Gasteiger partial charge in [-0.1, -0.05) is 96.8 Å². The summed E-state index contributed by atoms with van der Waals surface area (Å²) in [5, 5.41) is 8.75. The molecule has 0 fully saturated rings. The average Bonchev–Trinajstić information content (AvgIpc) is 2.87. The molecule has 0 rings (SSSR count). The van der Waals surface area contributed by atoms with Crippen molar-refractivity contribution < 1.29 is 42.4 Å². The summed E-state index contributed by atoms with van der Waals surface area (Å²) in [6, 6.07) is 0. The van der Waals surface area contributed by atoms with Gasteiger partial charge in [0.15, 0.2) is 0 Å². The molecule has 9 nitrogen and oxygen atoms in total. The molecule has 1 unspecified atom stereocenters. The zero-order valence-electron chi connectivity index (χ0n) is 26.3. The molecule has 240 valence electrons. The van der Waals surface area contributed by atoms with Gasteiger partial charge in [0.1, 0.15) is 19.3 Å². The Labute approximate surface area is 245 Å². The van der Waals surface area contributed by atoms with Gasteiger partial charge in [-0.15, -0.1) is 0 Å². The summed E-state index contributed by atoms with van der Waals surface area (Å²) in [5.41, 5.74) is 0. The van der Waals surface area contributed by atoms with Crippen molar-refractivity contribution in [1.29, 1.82) is 0 Å². The highest BCUT2D eigenvalue weighted by atomic mass is 31.2. The highest BCUT2D eigenvalue weighted by Gasteiger charge is 2.25. The molecule has 10 heteroatoms. The summed E-state index contributed by atoms with van der Waals surface area (Å²) in [6.07, 6.45) is 20.0. The number of ether oxygens (including phenoxy) is 2. The van der Waals surface area contributed by atoms with E-state index in [1.807, 2.05) is 21.1 Å². The van der Waals surface area contributed by atoms with E-state index in [4.69, 9.17) is 23.6 Å². The highest BCUT2D eigenvalue weighted by Crippen LogP contribution is 2.43. The molecule has 2 atom stereocenters. The Morgan fingerprint density at radius 2 is 1.20 bits per heavy atom. The summed E-state index contributed by atoms with van der Waals surface area (Å²) in [6.45, 7) is 4.15. The molecule has 0 saturated heterocycles. The molecule has 0 aromatic rings. The van der Waals surface area contributed by atoms with E-state index in [2.05, 4.69) is 6.92 Å². The molecule has 0 aliphatic heterocycles. The normalized spacial score (nSPS) is 14.3. The lowest BCUT2D eigenvalue weighted by molar-refractivity contribution is -0.870. The number of hydrogen-bond acceptors (Lipinski definition) is 6. The quantitative estimate of drug-likeness (QED) is 0.0485. The number of carboxylic acids is 1. The lowest BCUT2D eigenvalue weighted by Crippen LogP contribution is -2.37. The van der Waals surface area contributed by atoms with Crippen molar-refractivity contribution in [2.45, 2.75) is 129 Å². The number of carbonyl (C=O) groups is 1. The molecule has 0 aliphatic carbocycles. The number of likely N-dealkylation sites (N-methyl/N-ethyl adjacent to an activating group) is 1. The van der Waals surface area contributed by atoms with E-state index in [0.717, 1.165) is 19.3 Å². The number of aliphatic carboxylic acids is 1. The zero-order valence-corrected chi connectivity index (χ0v) is 27.2. The maximum Gasteiger partial charge on any atom is 0.472 e. The first-order valence-electron chi connectivity index (χ1n) is 15.9. The maximum atomic E-state index is 12.3. The predicted octanol–water partition coefficient (Wildman–Crippen LogP) is 7.35. The van der Waals surface area contributed by atoms with Gasteiger partial charge in [-0.2, -0.15) is 0 Å². The number of phosphoric acid groups is 1. The van der Waals surface area contributed by atoms with Crippen molar-refractivity contribution >= 4 is 13.8 Å². The third kappa shape index (κ3) is 30.4. The van der Waals surface area contributed by atoms with Crippen LogP contribution in [0.3, 0.4) is 0 Å². The minimum Gasteiger partial charge on any atom is -0.481 e. The SMILES string of the molecule is CCCCCCCCCCCCCCCCOC[C@H](COP(=O)(O)OCC[N+](C)(C)C)OCCCCCC(=O)O. The molecule has 0 amide bonds. The minimum absolute atomic E-state index is 0.105. The fourth-order valence-electron chi connectivity index (χ4n) is 4.21. The smallest absolute Gasteiger partial charge is 0.472 e. The van der Waals surface area contributed by atoms with Crippen LogP contribution < -0.4 is 0 Å². The third-order valence-corrected chi connectivity index (χ3v) is 7.76. The van der Waals surface area contributed by atoms with Crippen LogP contribution in [0.25, 0.3) is 0 Å². The van der Waals surface area contributed by atoms with Gasteiger partial charge in [-0.3, -0.25) is 13.8 Å². The Bertz CT molecular complexity index is 629. The van der Waals surface area contributed by atoms with Crippen LogP contribution in [0.5, 0.6) is 0 Å². The fraction of sp³-hybridized carbons (Fsp3) is 0.967. The molecule has 0 aromatic carbocycles. The van der Waals surface area contributed by atoms with Gasteiger partial charge in [0.05, 0.1) is 34.4 Å². The Morgan fingerprint density at radius 3 is 1.73 bits per heavy atom. The van der Waals surface area contributed by atoms with Crippen molar-refractivity contribution in [3.8, 4) is 0 Å². The van der Waals surface area contributed by atoms with Crippen LogP contribution in [0.2, 0.25) is 0 Å². The van der Waals surface area contributed by atoms with E-state index in [-0.39, 0.29) is 26.2 Å². The predicted molar refractivity (Wildman–Crippen MR) is 162 cm³/mol. The molecular weight excluding hydrogens is 533 g/mol. The molecular formula is C30H63NO8P+. The summed E-state index contributed by atoms with van der Waals surface area (Å²) >= 11 is 0. The third-order valence-electron chi connectivity index (χ3n) is 6.77. The second-order valence-electron chi connectivity index (χ2n) is 12.0. The van der Waals surface area contributed by atoms with Crippen molar-refractivity contribution in [1.82, 2.24) is 0 Å². The number of hydrogen-bond donors (Lipinski definition) is 2. The van der Waals surface area contributed by atoms with Crippen LogP contribution >= 0.6 is 7.82 Å². The Kier molecular flexibility index (Phi) is 25.8. The van der Waals surface area contributed by atoms with Crippen LogP contribution in [-0.4, -0.2) is 87.3 Å². The van der Waals surface area contributed by atoms with Gasteiger partial charge in [-0.25, -0.2) is 4.57 Å². The Hall–Kier alpha value is -0.540. The van der Waals surface area contributed by atoms with E-state index in [1.165, 1.54) is 77.0 Å². The lowest BCUT2D eigenvalue weighted by atomic mass is 10.0. The standard InChI is InChI=1S/C30H62NO8P/c1-5-6-7-8-9-10-11-12-13-14-15-16-17-20-24-36-27-29(37-25-21-18-19-22-30(32)33)28-39-40(34,35)38-26-23-31(2,3)4/h29H,5-28H2,1-4H3,(H-,32,33,34,35)/p+1/t29-/m1/s1. The van der Waals surface area contributed by atoms with Gasteiger partial charge in [0, 0.05) is 19.6 Å². The number of phosphoric ester groups is 1.